The van der Waals surface area contributed by atoms with E-state index in [1.54, 1.807) is 18.3 Å². The van der Waals surface area contributed by atoms with E-state index in [0.717, 1.165) is 16.5 Å². The van der Waals surface area contributed by atoms with Crippen molar-refractivity contribution < 1.29 is 4.79 Å². The molecule has 5 heteroatoms. The van der Waals surface area contributed by atoms with Crippen molar-refractivity contribution in [2.24, 2.45) is 11.8 Å². The minimum Gasteiger partial charge on any atom is -0.354 e. The molecule has 24 heavy (non-hydrogen) atoms. The summed E-state index contributed by atoms with van der Waals surface area (Å²) in [6.45, 7) is 5.98. The fourth-order valence-corrected chi connectivity index (χ4v) is 4.79. The van der Waals surface area contributed by atoms with Crippen molar-refractivity contribution in [1.82, 2.24) is 4.98 Å². The lowest BCUT2D eigenvalue weighted by Gasteiger charge is -2.45. The molecule has 1 aromatic carbocycles. The lowest BCUT2D eigenvalue weighted by Crippen LogP contribution is -2.51. The highest BCUT2D eigenvalue weighted by Gasteiger charge is 2.47. The lowest BCUT2D eigenvalue weighted by atomic mass is 9.80. The van der Waals surface area contributed by atoms with Crippen molar-refractivity contribution >= 4 is 28.1 Å². The predicted octanol–water partition coefficient (Wildman–Crippen LogP) is 4.39. The van der Waals surface area contributed by atoms with Gasteiger partial charge in [0, 0.05) is 30.0 Å². The van der Waals surface area contributed by atoms with Gasteiger partial charge in [0.15, 0.2) is 5.13 Å². The summed E-state index contributed by atoms with van der Waals surface area (Å²) in [5.74, 6) is 1.12. The Bertz CT molecular complexity index is 767. The summed E-state index contributed by atoms with van der Waals surface area (Å²) in [6, 6.07) is 8.77. The Hall–Kier alpha value is -1.88. The summed E-state index contributed by atoms with van der Waals surface area (Å²) in [4.78, 5) is 19.0. The van der Waals surface area contributed by atoms with Crippen molar-refractivity contribution in [1.29, 1.82) is 0 Å². The average Bonchev–Trinajstić information content (AvgIpc) is 3.31. The van der Waals surface area contributed by atoms with E-state index in [0.29, 0.717) is 11.8 Å². The summed E-state index contributed by atoms with van der Waals surface area (Å²) in [5.41, 5.74) is 3.30. The number of nitrogens with one attached hydrogen (secondary N) is 1. The van der Waals surface area contributed by atoms with E-state index in [1.807, 2.05) is 17.9 Å². The Balaban J connectivity index is 1.77. The lowest BCUT2D eigenvalue weighted by molar-refractivity contribution is -0.117. The van der Waals surface area contributed by atoms with Crippen LogP contribution in [0.25, 0.3) is 0 Å². The number of nitrogens with zero attached hydrogens (tertiary/aromatic N) is 2. The van der Waals surface area contributed by atoms with Gasteiger partial charge in [-0.1, -0.05) is 25.1 Å². The first-order chi connectivity index (χ1) is 11.6. The summed E-state index contributed by atoms with van der Waals surface area (Å²) in [7, 11) is 0. The monoisotopic (exact) mass is 341 g/mol. The molecule has 4 nitrogen and oxygen atoms in total. The average molecular weight is 341 g/mol. The first-order valence-electron chi connectivity index (χ1n) is 8.63. The SMILES string of the molecule is CC(=O)N1c2ccccc2[C@H](Nc2nc(C)cs2)[C@@H](C)[C@@H]1C1CC1. The number of amides is 1. The van der Waals surface area contributed by atoms with Crippen molar-refractivity contribution in [2.45, 2.75) is 45.7 Å². The molecule has 1 fully saturated rings. The van der Waals surface area contributed by atoms with E-state index in [4.69, 9.17) is 0 Å². The third-order valence-corrected chi connectivity index (χ3v) is 6.13. The van der Waals surface area contributed by atoms with Crippen LogP contribution in [0.3, 0.4) is 0 Å². The van der Waals surface area contributed by atoms with Gasteiger partial charge in [0.25, 0.3) is 0 Å². The molecule has 0 saturated heterocycles. The number of aromatic nitrogens is 1. The van der Waals surface area contributed by atoms with Crippen molar-refractivity contribution in [3.63, 3.8) is 0 Å². The Morgan fingerprint density at radius 1 is 1.33 bits per heavy atom. The minimum absolute atomic E-state index is 0.148. The van der Waals surface area contributed by atoms with Crippen molar-refractivity contribution in [2.75, 3.05) is 10.2 Å². The summed E-state index contributed by atoms with van der Waals surface area (Å²) in [5, 5.41) is 6.68. The van der Waals surface area contributed by atoms with Crippen molar-refractivity contribution in [3.8, 4) is 0 Å². The van der Waals surface area contributed by atoms with Gasteiger partial charge < -0.3 is 10.2 Å². The molecular formula is C19H23N3OS. The molecule has 1 aliphatic heterocycles. The molecule has 0 unspecified atom stereocenters. The highest BCUT2D eigenvalue weighted by atomic mass is 32.1. The van der Waals surface area contributed by atoms with Crippen LogP contribution in [0.5, 0.6) is 0 Å². The van der Waals surface area contributed by atoms with Crippen LogP contribution in [0.2, 0.25) is 0 Å². The number of benzene rings is 1. The highest BCUT2D eigenvalue weighted by molar-refractivity contribution is 7.13. The number of hydrogen-bond donors (Lipinski definition) is 1. The number of anilines is 2. The zero-order valence-corrected chi connectivity index (χ0v) is 15.1. The fourth-order valence-electron chi connectivity index (χ4n) is 4.07. The molecule has 0 spiro atoms. The van der Waals surface area contributed by atoms with E-state index in [1.165, 1.54) is 18.4 Å². The van der Waals surface area contributed by atoms with E-state index in [-0.39, 0.29) is 18.0 Å². The number of carbonyl (C=O) groups excluding carboxylic acids is 1. The van der Waals surface area contributed by atoms with Crippen molar-refractivity contribution in [3.05, 3.63) is 40.9 Å². The Morgan fingerprint density at radius 3 is 2.71 bits per heavy atom. The normalized spacial score (nSPS) is 26.1. The Labute approximate surface area is 146 Å². The number of para-hydroxylation sites is 1. The fraction of sp³-hybridized carbons (Fsp3) is 0.474. The van der Waals surface area contributed by atoms with Gasteiger partial charge in [-0.05, 0) is 37.3 Å². The van der Waals surface area contributed by atoms with Crippen LogP contribution >= 0.6 is 11.3 Å². The van der Waals surface area contributed by atoms with Crippen LogP contribution < -0.4 is 10.2 Å². The first kappa shape index (κ1) is 15.6. The van der Waals surface area contributed by atoms with Crippen LogP contribution in [0.1, 0.15) is 44.0 Å². The van der Waals surface area contributed by atoms with Gasteiger partial charge in [0.2, 0.25) is 5.91 Å². The molecule has 0 radical (unpaired) electrons. The second-order valence-corrected chi connectivity index (χ2v) is 7.91. The van der Waals surface area contributed by atoms with E-state index in [2.05, 4.69) is 40.8 Å². The maximum atomic E-state index is 12.4. The van der Waals surface area contributed by atoms with Crippen LogP contribution in [0.15, 0.2) is 29.6 Å². The third-order valence-electron chi connectivity index (χ3n) is 5.24. The van der Waals surface area contributed by atoms with Gasteiger partial charge in [-0.15, -0.1) is 11.3 Å². The Kier molecular flexibility index (Phi) is 3.83. The molecule has 1 amide bonds. The standard InChI is InChI=1S/C19H23N3OS/c1-11-10-24-19(20-11)21-17-12(2)18(14-8-9-14)22(13(3)23)16-7-5-4-6-15(16)17/h4-7,10,12,14,17-18H,8-9H2,1-3H3,(H,20,21)/t12-,17-,18-/m1/s1. The van der Waals surface area contributed by atoms with Gasteiger partial charge in [0.1, 0.15) is 0 Å². The minimum atomic E-state index is 0.148. The molecule has 2 heterocycles. The molecule has 2 aromatic rings. The maximum absolute atomic E-state index is 12.4. The number of aryl methyl sites for hydroxylation is 1. The number of thiazole rings is 1. The molecule has 2 aliphatic rings. The van der Waals surface area contributed by atoms with E-state index in [9.17, 15) is 4.79 Å². The first-order valence-corrected chi connectivity index (χ1v) is 9.51. The smallest absolute Gasteiger partial charge is 0.224 e. The zero-order valence-electron chi connectivity index (χ0n) is 14.3. The predicted molar refractivity (Wildman–Crippen MR) is 98.5 cm³/mol. The molecule has 1 aromatic heterocycles. The quantitative estimate of drug-likeness (QED) is 0.901. The zero-order chi connectivity index (χ0) is 16.8. The summed E-state index contributed by atoms with van der Waals surface area (Å²) < 4.78 is 0. The number of rotatable bonds is 3. The number of carbonyl (C=O) groups is 1. The number of hydrogen-bond acceptors (Lipinski definition) is 4. The van der Waals surface area contributed by atoms with Crippen LogP contribution in [0.4, 0.5) is 10.8 Å². The molecule has 4 rings (SSSR count). The second kappa shape index (κ2) is 5.88. The molecule has 3 atom stereocenters. The van der Waals surface area contributed by atoms with Crippen LogP contribution in [-0.4, -0.2) is 16.9 Å². The molecule has 1 saturated carbocycles. The van der Waals surface area contributed by atoms with Gasteiger partial charge in [0.05, 0.1) is 11.7 Å². The van der Waals surface area contributed by atoms with E-state index >= 15 is 0 Å². The highest BCUT2D eigenvalue weighted by Crippen LogP contribution is 2.49. The number of fused-ring (bicyclic) bond motifs is 1. The van der Waals surface area contributed by atoms with Gasteiger partial charge >= 0.3 is 0 Å². The molecule has 1 aliphatic carbocycles. The van der Waals surface area contributed by atoms with Gasteiger partial charge in [-0.2, -0.15) is 0 Å². The van der Waals surface area contributed by atoms with E-state index < -0.39 is 0 Å². The molecule has 126 valence electrons. The second-order valence-electron chi connectivity index (χ2n) is 7.05. The molecule has 1 N–H and O–H groups in total. The Morgan fingerprint density at radius 2 is 2.08 bits per heavy atom. The summed E-state index contributed by atoms with van der Waals surface area (Å²) >= 11 is 1.65. The van der Waals surface area contributed by atoms with Gasteiger partial charge in [-0.3, -0.25) is 4.79 Å². The van der Waals surface area contributed by atoms with Gasteiger partial charge in [-0.25, -0.2) is 4.98 Å². The third kappa shape index (κ3) is 2.61. The topological polar surface area (TPSA) is 45.2 Å². The largest absolute Gasteiger partial charge is 0.354 e. The summed E-state index contributed by atoms with van der Waals surface area (Å²) in [6.07, 6.45) is 2.45. The molecule has 0 bridgehead atoms. The maximum Gasteiger partial charge on any atom is 0.224 e. The molecular weight excluding hydrogens is 318 g/mol. The van der Waals surface area contributed by atoms with Crippen LogP contribution in [-0.2, 0) is 4.79 Å². The van der Waals surface area contributed by atoms with Crippen LogP contribution in [0, 0.1) is 18.8 Å².